The van der Waals surface area contributed by atoms with Gasteiger partial charge in [-0.25, -0.2) is 0 Å². The molecule has 1 fully saturated rings. The lowest BCUT2D eigenvalue weighted by molar-refractivity contribution is 0.0754. The van der Waals surface area contributed by atoms with Crippen LogP contribution in [0.3, 0.4) is 0 Å². The van der Waals surface area contributed by atoms with Crippen molar-refractivity contribution in [1.29, 1.82) is 0 Å². The zero-order valence-corrected chi connectivity index (χ0v) is 10.9. The van der Waals surface area contributed by atoms with Gasteiger partial charge in [-0.05, 0) is 22.0 Å². The third-order valence-corrected chi connectivity index (χ3v) is 4.09. The zero-order chi connectivity index (χ0) is 11.5. The van der Waals surface area contributed by atoms with E-state index in [4.69, 9.17) is 5.21 Å². The number of oxime groups is 1. The van der Waals surface area contributed by atoms with Gasteiger partial charge in [-0.1, -0.05) is 5.16 Å². The van der Waals surface area contributed by atoms with Crippen molar-refractivity contribution in [3.05, 3.63) is 20.8 Å². The van der Waals surface area contributed by atoms with Crippen LogP contribution in [0.15, 0.2) is 20.4 Å². The maximum absolute atomic E-state index is 12.0. The van der Waals surface area contributed by atoms with Gasteiger partial charge in [-0.2, -0.15) is 0 Å². The van der Waals surface area contributed by atoms with E-state index in [-0.39, 0.29) is 5.91 Å². The van der Waals surface area contributed by atoms with Gasteiger partial charge < -0.3 is 10.1 Å². The summed E-state index contributed by atoms with van der Waals surface area (Å²) in [6.45, 7) is 1.26. The summed E-state index contributed by atoms with van der Waals surface area (Å²) in [5, 5.41) is 13.7. The highest BCUT2D eigenvalue weighted by Crippen LogP contribution is 2.22. The summed E-state index contributed by atoms with van der Waals surface area (Å²) in [7, 11) is 0. The Morgan fingerprint density at radius 1 is 1.50 bits per heavy atom. The van der Waals surface area contributed by atoms with Crippen LogP contribution in [-0.2, 0) is 0 Å². The lowest BCUT2D eigenvalue weighted by Crippen LogP contribution is -2.38. The highest BCUT2D eigenvalue weighted by molar-refractivity contribution is 9.11. The molecule has 1 amide bonds. The first-order chi connectivity index (χ1) is 7.70. The van der Waals surface area contributed by atoms with E-state index >= 15 is 0 Å². The average Bonchev–Trinajstić information content (AvgIpc) is 2.75. The number of rotatable bonds is 1. The summed E-state index contributed by atoms with van der Waals surface area (Å²) in [6, 6.07) is 1.84. The van der Waals surface area contributed by atoms with Crippen molar-refractivity contribution in [2.24, 2.45) is 5.16 Å². The van der Waals surface area contributed by atoms with E-state index in [0.717, 1.165) is 15.1 Å². The number of hydrogen-bond donors (Lipinski definition) is 1. The first kappa shape index (κ1) is 11.6. The Morgan fingerprint density at radius 3 is 2.69 bits per heavy atom. The van der Waals surface area contributed by atoms with Crippen molar-refractivity contribution >= 4 is 38.9 Å². The molecule has 0 aromatic carbocycles. The Kier molecular flexibility index (Phi) is 3.60. The van der Waals surface area contributed by atoms with Crippen LogP contribution >= 0.6 is 27.3 Å². The summed E-state index contributed by atoms with van der Waals surface area (Å²) in [5.41, 5.74) is 1.50. The Bertz CT molecular complexity index is 420. The molecule has 0 spiro atoms. The fourth-order valence-electron chi connectivity index (χ4n) is 1.67. The van der Waals surface area contributed by atoms with E-state index in [2.05, 4.69) is 21.1 Å². The smallest absolute Gasteiger partial charge is 0.254 e. The van der Waals surface area contributed by atoms with Gasteiger partial charge >= 0.3 is 0 Å². The van der Waals surface area contributed by atoms with E-state index < -0.39 is 0 Å². The second kappa shape index (κ2) is 4.97. The fraction of sp³-hybridized carbons (Fsp3) is 0.400. The molecule has 0 aliphatic carbocycles. The van der Waals surface area contributed by atoms with Crippen LogP contribution in [0.1, 0.15) is 23.2 Å². The van der Waals surface area contributed by atoms with Gasteiger partial charge in [0.15, 0.2) is 0 Å². The van der Waals surface area contributed by atoms with Gasteiger partial charge in [0.05, 0.1) is 15.1 Å². The lowest BCUT2D eigenvalue weighted by Gasteiger charge is -2.26. The quantitative estimate of drug-likeness (QED) is 0.640. The van der Waals surface area contributed by atoms with Crippen LogP contribution in [0.4, 0.5) is 0 Å². The molecule has 1 aliphatic rings. The highest BCUT2D eigenvalue weighted by Gasteiger charge is 2.21. The lowest BCUT2D eigenvalue weighted by atomic mass is 10.1. The van der Waals surface area contributed by atoms with Crippen molar-refractivity contribution in [1.82, 2.24) is 4.90 Å². The van der Waals surface area contributed by atoms with Crippen LogP contribution in [0, 0.1) is 0 Å². The summed E-state index contributed by atoms with van der Waals surface area (Å²) in [6.07, 6.45) is 1.32. The summed E-state index contributed by atoms with van der Waals surface area (Å²) in [5.74, 6) is 0.0546. The second-order valence-corrected chi connectivity index (χ2v) is 5.89. The van der Waals surface area contributed by atoms with Gasteiger partial charge in [0.25, 0.3) is 5.91 Å². The maximum Gasteiger partial charge on any atom is 0.254 e. The molecule has 1 saturated heterocycles. The standard InChI is InChI=1S/C10H11BrN2O2S/c11-9-5-7(6-16-9)10(14)13-3-1-8(12-15)2-4-13/h5-6,15H,1-4H2. The fourth-order valence-corrected chi connectivity index (χ4v) is 2.80. The van der Waals surface area contributed by atoms with E-state index in [1.807, 2.05) is 11.4 Å². The molecule has 4 nitrogen and oxygen atoms in total. The maximum atomic E-state index is 12.0. The third kappa shape index (κ3) is 2.44. The monoisotopic (exact) mass is 302 g/mol. The van der Waals surface area contributed by atoms with Crippen LogP contribution < -0.4 is 0 Å². The van der Waals surface area contributed by atoms with Crippen molar-refractivity contribution < 1.29 is 10.0 Å². The predicted octanol–water partition coefficient (Wildman–Crippen LogP) is 2.58. The van der Waals surface area contributed by atoms with Crippen molar-refractivity contribution in [2.75, 3.05) is 13.1 Å². The number of hydrogen-bond acceptors (Lipinski definition) is 4. The number of nitrogens with zero attached hydrogens (tertiary/aromatic N) is 2. The Morgan fingerprint density at radius 2 is 2.19 bits per heavy atom. The van der Waals surface area contributed by atoms with Crippen molar-refractivity contribution in [3.8, 4) is 0 Å². The first-order valence-corrected chi connectivity index (χ1v) is 6.61. The molecular weight excluding hydrogens is 292 g/mol. The molecule has 16 heavy (non-hydrogen) atoms. The Hall–Kier alpha value is -0.880. The van der Waals surface area contributed by atoms with Gasteiger partial charge in [0.1, 0.15) is 0 Å². The molecule has 1 aliphatic heterocycles. The Balaban J connectivity index is 2.02. The van der Waals surface area contributed by atoms with E-state index in [9.17, 15) is 4.79 Å². The molecule has 0 bridgehead atoms. The van der Waals surface area contributed by atoms with E-state index in [1.54, 1.807) is 4.90 Å². The molecule has 2 heterocycles. The largest absolute Gasteiger partial charge is 0.411 e. The first-order valence-electron chi connectivity index (χ1n) is 4.94. The van der Waals surface area contributed by atoms with Crippen LogP contribution in [0.5, 0.6) is 0 Å². The van der Waals surface area contributed by atoms with Crippen molar-refractivity contribution in [3.63, 3.8) is 0 Å². The number of piperidine rings is 1. The predicted molar refractivity (Wildman–Crippen MR) is 66.4 cm³/mol. The third-order valence-electron chi connectivity index (χ3n) is 2.58. The van der Waals surface area contributed by atoms with Gasteiger partial charge in [-0.3, -0.25) is 4.79 Å². The molecule has 0 radical (unpaired) electrons. The number of carbonyl (C=O) groups excluding carboxylic acids is 1. The minimum absolute atomic E-state index is 0.0546. The highest BCUT2D eigenvalue weighted by atomic mass is 79.9. The van der Waals surface area contributed by atoms with Crippen molar-refractivity contribution in [2.45, 2.75) is 12.8 Å². The topological polar surface area (TPSA) is 52.9 Å². The Labute approximate surface area is 106 Å². The molecule has 1 aromatic heterocycles. The van der Waals surface area contributed by atoms with Crippen LogP contribution in [0.2, 0.25) is 0 Å². The van der Waals surface area contributed by atoms with Crippen LogP contribution in [-0.4, -0.2) is 34.8 Å². The van der Waals surface area contributed by atoms with Gasteiger partial charge in [0, 0.05) is 31.3 Å². The van der Waals surface area contributed by atoms with Gasteiger partial charge in [0.2, 0.25) is 0 Å². The zero-order valence-electron chi connectivity index (χ0n) is 8.52. The normalized spacial score (nSPS) is 16.3. The minimum atomic E-state index is 0.0546. The van der Waals surface area contributed by atoms with E-state index in [1.165, 1.54) is 11.3 Å². The number of thiophene rings is 1. The number of likely N-dealkylation sites (tertiary alicyclic amines) is 1. The summed E-state index contributed by atoms with van der Waals surface area (Å²) in [4.78, 5) is 13.8. The van der Waals surface area contributed by atoms with E-state index in [0.29, 0.717) is 25.9 Å². The summed E-state index contributed by atoms with van der Waals surface area (Å²) >= 11 is 4.85. The summed E-state index contributed by atoms with van der Waals surface area (Å²) < 4.78 is 0.963. The second-order valence-electron chi connectivity index (χ2n) is 3.60. The van der Waals surface area contributed by atoms with Crippen LogP contribution in [0.25, 0.3) is 0 Å². The average molecular weight is 303 g/mol. The SMILES string of the molecule is O=C(c1csc(Br)c1)N1CCC(=NO)CC1. The molecular formula is C10H11BrN2O2S. The molecule has 6 heteroatoms. The molecule has 2 rings (SSSR count). The molecule has 1 N–H and O–H groups in total. The van der Waals surface area contributed by atoms with Gasteiger partial charge in [-0.15, -0.1) is 11.3 Å². The number of carbonyl (C=O) groups is 1. The number of halogens is 1. The number of amides is 1. The molecule has 0 unspecified atom stereocenters. The molecule has 86 valence electrons. The molecule has 1 aromatic rings. The molecule has 0 atom stereocenters. The minimum Gasteiger partial charge on any atom is -0.411 e. The molecule has 0 saturated carbocycles.